The molecule has 164 valence electrons. The molecule has 4 heterocycles. The van der Waals surface area contributed by atoms with Crippen molar-refractivity contribution in [1.29, 1.82) is 0 Å². The highest BCUT2D eigenvalue weighted by atomic mass is 16.5. The highest BCUT2D eigenvalue weighted by molar-refractivity contribution is 6.02. The van der Waals surface area contributed by atoms with Gasteiger partial charge in [-0.1, -0.05) is 30.3 Å². The molecule has 1 atom stereocenters. The molecule has 4 aliphatic heterocycles. The Morgan fingerprint density at radius 1 is 1.00 bits per heavy atom. The van der Waals surface area contributed by atoms with Crippen LogP contribution in [0.25, 0.3) is 6.08 Å². The van der Waals surface area contributed by atoms with Gasteiger partial charge in [0.05, 0.1) is 23.3 Å². The van der Waals surface area contributed by atoms with Crippen molar-refractivity contribution >= 4 is 23.6 Å². The lowest BCUT2D eigenvalue weighted by molar-refractivity contribution is -0.132. The Hall–Kier alpha value is -3.32. The minimum absolute atomic E-state index is 0.0279. The zero-order chi connectivity index (χ0) is 21.8. The largest absolute Gasteiger partial charge is 0.488 e. The average molecular weight is 431 g/mol. The van der Waals surface area contributed by atoms with E-state index in [9.17, 15) is 9.59 Å². The van der Waals surface area contributed by atoms with Gasteiger partial charge in [-0.05, 0) is 37.1 Å². The van der Waals surface area contributed by atoms with E-state index >= 15 is 0 Å². The third-order valence-electron chi connectivity index (χ3n) is 7.02. The summed E-state index contributed by atoms with van der Waals surface area (Å²) in [7, 11) is 0. The quantitative estimate of drug-likeness (QED) is 0.726. The Bertz CT molecular complexity index is 1140. The molecule has 7 nitrogen and oxygen atoms in total. The number of fused-ring (bicyclic) bond motifs is 2. The molecule has 4 aliphatic rings. The number of nitrogens with one attached hydrogen (secondary N) is 2. The molecule has 32 heavy (non-hydrogen) atoms. The van der Waals surface area contributed by atoms with E-state index in [0.29, 0.717) is 43.9 Å². The minimum atomic E-state index is -0.596. The van der Waals surface area contributed by atoms with Crippen molar-refractivity contribution in [2.45, 2.75) is 30.5 Å². The van der Waals surface area contributed by atoms with Crippen LogP contribution in [0.1, 0.15) is 35.2 Å². The first-order valence-electron chi connectivity index (χ1n) is 11.1. The molecule has 2 N–H and O–H groups in total. The highest BCUT2D eigenvalue weighted by Crippen LogP contribution is 2.43. The van der Waals surface area contributed by atoms with Crippen LogP contribution in [0.4, 0.5) is 5.69 Å². The molecule has 0 aromatic heterocycles. The first-order valence-corrected chi connectivity index (χ1v) is 11.1. The molecule has 2 aromatic carbocycles. The van der Waals surface area contributed by atoms with Gasteiger partial charge in [-0.3, -0.25) is 9.59 Å². The van der Waals surface area contributed by atoms with Gasteiger partial charge >= 0.3 is 0 Å². The second-order valence-electron chi connectivity index (χ2n) is 9.14. The predicted octanol–water partition coefficient (Wildman–Crippen LogP) is 2.80. The van der Waals surface area contributed by atoms with Crippen molar-refractivity contribution < 1.29 is 19.1 Å². The summed E-state index contributed by atoms with van der Waals surface area (Å²) < 4.78 is 12.1. The Kier molecular flexibility index (Phi) is 4.30. The van der Waals surface area contributed by atoms with Gasteiger partial charge in [0.15, 0.2) is 0 Å². The van der Waals surface area contributed by atoms with Crippen LogP contribution < -0.4 is 15.4 Å². The number of likely N-dealkylation sites (tertiary alicyclic amines) is 1. The van der Waals surface area contributed by atoms with Crippen LogP contribution in [0, 0.1) is 0 Å². The third kappa shape index (κ3) is 3.15. The van der Waals surface area contributed by atoms with Gasteiger partial charge in [0.25, 0.3) is 11.8 Å². The van der Waals surface area contributed by atoms with Crippen LogP contribution in [-0.2, 0) is 9.53 Å². The van der Waals surface area contributed by atoms with E-state index in [4.69, 9.17) is 9.47 Å². The highest BCUT2D eigenvalue weighted by Gasteiger charge is 2.53. The Labute approximate surface area is 186 Å². The number of ether oxygens (including phenoxy) is 2. The molecule has 0 aliphatic carbocycles. The van der Waals surface area contributed by atoms with E-state index in [0.717, 1.165) is 29.8 Å². The van der Waals surface area contributed by atoms with Crippen molar-refractivity contribution in [3.05, 3.63) is 65.2 Å². The van der Waals surface area contributed by atoms with Crippen LogP contribution >= 0.6 is 0 Å². The number of carbonyl (C=O) groups is 2. The average Bonchev–Trinajstić information content (AvgIpc) is 3.15. The Morgan fingerprint density at radius 2 is 1.78 bits per heavy atom. The van der Waals surface area contributed by atoms with Crippen molar-refractivity contribution in [2.24, 2.45) is 0 Å². The van der Waals surface area contributed by atoms with E-state index in [1.54, 1.807) is 0 Å². The number of anilines is 1. The van der Waals surface area contributed by atoms with E-state index < -0.39 is 5.66 Å². The fourth-order valence-electron chi connectivity index (χ4n) is 5.33. The second kappa shape index (κ2) is 7.10. The van der Waals surface area contributed by atoms with Gasteiger partial charge in [0, 0.05) is 30.8 Å². The molecule has 6 rings (SSSR count). The Balaban J connectivity index is 1.14. The normalized spacial score (nSPS) is 25.3. The van der Waals surface area contributed by atoms with E-state index in [2.05, 4.69) is 10.6 Å². The number of hydrogen-bond donors (Lipinski definition) is 2. The first-order chi connectivity index (χ1) is 15.5. The summed E-state index contributed by atoms with van der Waals surface area (Å²) in [5.74, 6) is 0.770. The molecule has 2 aromatic rings. The molecule has 2 amide bonds. The van der Waals surface area contributed by atoms with Crippen LogP contribution in [0.3, 0.4) is 0 Å². The zero-order valence-electron chi connectivity index (χ0n) is 17.7. The summed E-state index contributed by atoms with van der Waals surface area (Å²) in [5, 5.41) is 6.64. The zero-order valence-corrected chi connectivity index (χ0v) is 17.7. The Morgan fingerprint density at radius 3 is 2.66 bits per heavy atom. The van der Waals surface area contributed by atoms with Crippen molar-refractivity contribution in [1.82, 2.24) is 10.2 Å². The van der Waals surface area contributed by atoms with E-state index in [1.165, 1.54) is 0 Å². The maximum atomic E-state index is 13.1. The molecule has 2 saturated heterocycles. The van der Waals surface area contributed by atoms with Crippen LogP contribution in [0.15, 0.2) is 54.1 Å². The summed E-state index contributed by atoms with van der Waals surface area (Å²) in [5.41, 5.74) is 2.18. The third-order valence-corrected chi connectivity index (χ3v) is 7.02. The number of piperidine rings is 1. The number of carbonyl (C=O) groups excluding carboxylic acids is 2. The molecule has 0 saturated carbocycles. The maximum Gasteiger partial charge on any atom is 0.255 e. The number of rotatable bonds is 1. The molecule has 7 heteroatoms. The molecule has 0 radical (unpaired) electrons. The summed E-state index contributed by atoms with van der Waals surface area (Å²) in [6.07, 6.45) is 4.10. The van der Waals surface area contributed by atoms with Gasteiger partial charge in [0.1, 0.15) is 18.0 Å². The minimum Gasteiger partial charge on any atom is -0.488 e. The van der Waals surface area contributed by atoms with Crippen LogP contribution in [-0.4, -0.2) is 54.3 Å². The summed E-state index contributed by atoms with van der Waals surface area (Å²) in [6.45, 7) is 1.96. The number of amides is 2. The summed E-state index contributed by atoms with van der Waals surface area (Å²) >= 11 is 0. The number of benzene rings is 2. The monoisotopic (exact) mass is 431 g/mol. The van der Waals surface area contributed by atoms with Crippen molar-refractivity contribution in [2.75, 3.05) is 31.6 Å². The molecule has 2 fully saturated rings. The molecule has 1 unspecified atom stereocenters. The van der Waals surface area contributed by atoms with Gasteiger partial charge in [0.2, 0.25) is 0 Å². The van der Waals surface area contributed by atoms with Crippen molar-refractivity contribution in [3.8, 4) is 5.75 Å². The van der Waals surface area contributed by atoms with Crippen LogP contribution in [0.5, 0.6) is 5.75 Å². The maximum absolute atomic E-state index is 13.1. The topological polar surface area (TPSA) is 79.9 Å². The molecule has 2 spiro atoms. The molecule has 0 bridgehead atoms. The number of hydrogen-bond acceptors (Lipinski definition) is 5. The lowest BCUT2D eigenvalue weighted by Gasteiger charge is -2.41. The fraction of sp³-hybridized carbons (Fsp3) is 0.360. The van der Waals surface area contributed by atoms with E-state index in [1.807, 2.05) is 59.5 Å². The predicted molar refractivity (Wildman–Crippen MR) is 119 cm³/mol. The lowest BCUT2D eigenvalue weighted by Crippen LogP contribution is -2.59. The summed E-state index contributed by atoms with van der Waals surface area (Å²) in [4.78, 5) is 27.6. The molecular formula is C25H25N3O4. The SMILES string of the molecule is O=C1NC2(COC3(CCN(C(=O)C4=Cc5ccccc5OC4)CC3)C2)Nc2ccccc21. The number of nitrogens with zero attached hydrogens (tertiary/aromatic N) is 1. The van der Waals surface area contributed by atoms with Gasteiger partial charge in [-0.2, -0.15) is 0 Å². The summed E-state index contributed by atoms with van der Waals surface area (Å²) in [6, 6.07) is 15.3. The van der Waals surface area contributed by atoms with Gasteiger partial charge in [-0.15, -0.1) is 0 Å². The van der Waals surface area contributed by atoms with Crippen LogP contribution in [0.2, 0.25) is 0 Å². The standard InChI is InChI=1S/C25H25N3O4/c29-22-19-6-2-3-7-20(19)26-25(27-22)15-24(32-16-25)9-11-28(12-10-24)23(30)18-13-17-5-1-4-8-21(17)31-14-18/h1-8,13,26H,9-12,14-16H2,(H,27,29). The van der Waals surface area contributed by atoms with Crippen molar-refractivity contribution in [3.63, 3.8) is 0 Å². The van der Waals surface area contributed by atoms with Gasteiger partial charge in [-0.25, -0.2) is 0 Å². The second-order valence-corrected chi connectivity index (χ2v) is 9.14. The van der Waals surface area contributed by atoms with E-state index in [-0.39, 0.29) is 17.4 Å². The fourth-order valence-corrected chi connectivity index (χ4v) is 5.33. The molecular weight excluding hydrogens is 406 g/mol. The van der Waals surface area contributed by atoms with Gasteiger partial charge < -0.3 is 25.0 Å². The lowest BCUT2D eigenvalue weighted by atomic mass is 9.84. The smallest absolute Gasteiger partial charge is 0.255 e. The number of para-hydroxylation sites is 2. The first kappa shape index (κ1) is 19.4.